The number of hydrogen-bond acceptors (Lipinski definition) is 6. The van der Waals surface area contributed by atoms with E-state index in [9.17, 15) is 19.5 Å². The van der Waals surface area contributed by atoms with E-state index in [1.54, 1.807) is 36.4 Å². The Bertz CT molecular complexity index is 1280. The summed E-state index contributed by atoms with van der Waals surface area (Å²) in [5.74, 6) is -2.73. The van der Waals surface area contributed by atoms with Gasteiger partial charge >= 0.3 is 5.97 Å². The van der Waals surface area contributed by atoms with Crippen molar-refractivity contribution in [2.24, 2.45) is 0 Å². The Hall–Kier alpha value is -3.56. The number of halogens is 1. The van der Waals surface area contributed by atoms with Gasteiger partial charge in [0, 0.05) is 29.2 Å². The fourth-order valence-corrected chi connectivity index (χ4v) is 4.05. The van der Waals surface area contributed by atoms with Gasteiger partial charge in [0.05, 0.1) is 25.3 Å². The van der Waals surface area contributed by atoms with Crippen molar-refractivity contribution in [2.75, 3.05) is 37.7 Å². The maximum Gasteiger partial charge on any atom is 0.322 e. The molecule has 0 atom stereocenters. The van der Waals surface area contributed by atoms with E-state index in [4.69, 9.17) is 21.4 Å². The third-order valence-corrected chi connectivity index (χ3v) is 5.88. The fourth-order valence-electron chi connectivity index (χ4n) is 3.85. The summed E-state index contributed by atoms with van der Waals surface area (Å²) in [6.07, 6.45) is 0. The first-order valence-corrected chi connectivity index (χ1v) is 10.7. The monoisotopic (exact) mass is 471 g/mol. The van der Waals surface area contributed by atoms with Gasteiger partial charge in [0.2, 0.25) is 0 Å². The number of carbonyl (C=O) groups is 2. The van der Waals surface area contributed by atoms with Crippen LogP contribution in [-0.4, -0.2) is 59.5 Å². The van der Waals surface area contributed by atoms with Crippen LogP contribution in [-0.2, 0) is 16.1 Å². The minimum absolute atomic E-state index is 0.0609. The van der Waals surface area contributed by atoms with E-state index in [1.807, 2.05) is 6.07 Å². The van der Waals surface area contributed by atoms with Crippen LogP contribution < -0.4 is 15.8 Å². The lowest BCUT2D eigenvalue weighted by Crippen LogP contribution is -2.37. The lowest BCUT2D eigenvalue weighted by atomic mass is 10.1. The van der Waals surface area contributed by atoms with Gasteiger partial charge < -0.3 is 29.7 Å². The normalized spacial score (nSPS) is 13.8. The van der Waals surface area contributed by atoms with E-state index in [-0.39, 0.29) is 6.54 Å². The zero-order valence-electron chi connectivity index (χ0n) is 17.6. The molecule has 10 heteroatoms. The summed E-state index contributed by atoms with van der Waals surface area (Å²) in [6, 6.07) is 12.3. The summed E-state index contributed by atoms with van der Waals surface area (Å²) in [5, 5.41) is 22.7. The molecular weight excluding hydrogens is 450 g/mol. The van der Waals surface area contributed by atoms with Crippen molar-refractivity contribution in [3.05, 3.63) is 69.0 Å². The third kappa shape index (κ3) is 4.64. The fraction of sp³-hybridized carbons (Fsp3) is 0.261. The van der Waals surface area contributed by atoms with Crippen LogP contribution in [0.3, 0.4) is 0 Å². The summed E-state index contributed by atoms with van der Waals surface area (Å²) in [4.78, 5) is 39.0. The number of morpholine rings is 1. The molecule has 0 radical (unpaired) electrons. The SMILES string of the molecule is O=C(O)CNC(=O)c1c(O)c2cc(N3CCOCC3)ccc2n(Cc2ccccc2Cl)c1=O. The topological polar surface area (TPSA) is 121 Å². The Labute approximate surface area is 193 Å². The summed E-state index contributed by atoms with van der Waals surface area (Å²) in [5.41, 5.74) is 0.615. The van der Waals surface area contributed by atoms with Gasteiger partial charge in [0.25, 0.3) is 11.5 Å². The highest BCUT2D eigenvalue weighted by Gasteiger charge is 2.24. The number of anilines is 1. The molecule has 1 aromatic heterocycles. The lowest BCUT2D eigenvalue weighted by molar-refractivity contribution is -0.135. The third-order valence-electron chi connectivity index (χ3n) is 5.51. The molecule has 1 fully saturated rings. The molecule has 33 heavy (non-hydrogen) atoms. The smallest absolute Gasteiger partial charge is 0.322 e. The second-order valence-corrected chi connectivity index (χ2v) is 7.99. The van der Waals surface area contributed by atoms with Crippen molar-refractivity contribution in [3.8, 4) is 5.75 Å². The molecule has 0 aliphatic carbocycles. The van der Waals surface area contributed by atoms with E-state index >= 15 is 0 Å². The number of aliphatic carboxylic acids is 1. The Morgan fingerprint density at radius 3 is 2.55 bits per heavy atom. The van der Waals surface area contributed by atoms with E-state index in [0.29, 0.717) is 47.8 Å². The average molecular weight is 472 g/mol. The van der Waals surface area contributed by atoms with Gasteiger partial charge in [-0.25, -0.2) is 0 Å². The molecule has 1 amide bonds. The molecule has 2 aromatic carbocycles. The molecule has 3 aromatic rings. The van der Waals surface area contributed by atoms with Crippen molar-refractivity contribution in [3.63, 3.8) is 0 Å². The first-order chi connectivity index (χ1) is 15.9. The van der Waals surface area contributed by atoms with E-state index in [0.717, 1.165) is 5.69 Å². The number of hydrogen-bond donors (Lipinski definition) is 3. The first-order valence-electron chi connectivity index (χ1n) is 10.3. The predicted octanol–water partition coefficient (Wildman–Crippen LogP) is 2.06. The minimum Gasteiger partial charge on any atom is -0.506 e. The summed E-state index contributed by atoms with van der Waals surface area (Å²) in [7, 11) is 0. The van der Waals surface area contributed by atoms with Crippen molar-refractivity contribution >= 4 is 40.1 Å². The van der Waals surface area contributed by atoms with Crippen molar-refractivity contribution in [2.45, 2.75) is 6.54 Å². The molecule has 1 saturated heterocycles. The number of amides is 1. The summed E-state index contributed by atoms with van der Waals surface area (Å²) < 4.78 is 6.75. The Balaban J connectivity index is 1.89. The van der Waals surface area contributed by atoms with Crippen molar-refractivity contribution in [1.29, 1.82) is 0 Å². The quantitative estimate of drug-likeness (QED) is 0.503. The minimum atomic E-state index is -1.27. The second-order valence-electron chi connectivity index (χ2n) is 7.58. The van der Waals surface area contributed by atoms with Crippen molar-refractivity contribution < 1.29 is 24.5 Å². The maximum absolute atomic E-state index is 13.3. The number of fused-ring (bicyclic) bond motifs is 1. The Morgan fingerprint density at radius 1 is 1.12 bits per heavy atom. The van der Waals surface area contributed by atoms with Gasteiger partial charge in [0.1, 0.15) is 17.9 Å². The van der Waals surface area contributed by atoms with Crippen LogP contribution in [0.25, 0.3) is 10.9 Å². The van der Waals surface area contributed by atoms with E-state index in [2.05, 4.69) is 10.2 Å². The first kappa shape index (κ1) is 22.6. The number of carboxylic acid groups (broad SMARTS) is 1. The van der Waals surface area contributed by atoms with Gasteiger partial charge in [-0.15, -0.1) is 0 Å². The molecule has 0 saturated carbocycles. The van der Waals surface area contributed by atoms with Crippen LogP contribution in [0.2, 0.25) is 5.02 Å². The molecule has 1 aliphatic heterocycles. The van der Waals surface area contributed by atoms with Crippen LogP contribution in [0.4, 0.5) is 5.69 Å². The molecule has 1 aliphatic rings. The van der Waals surface area contributed by atoms with Crippen LogP contribution in [0.1, 0.15) is 15.9 Å². The standard InChI is InChI=1S/C23H22ClN3O6/c24-17-4-2-1-3-14(17)13-27-18-6-5-15(26-7-9-33-10-8-26)11-16(18)21(30)20(23(27)32)22(31)25-12-19(28)29/h1-6,11,30H,7-10,12-13H2,(H,25,31)(H,28,29). The Morgan fingerprint density at radius 2 is 1.85 bits per heavy atom. The number of pyridine rings is 1. The van der Waals surface area contributed by atoms with Crippen LogP contribution in [0.5, 0.6) is 5.75 Å². The predicted molar refractivity (Wildman–Crippen MR) is 123 cm³/mol. The largest absolute Gasteiger partial charge is 0.506 e. The molecule has 2 heterocycles. The summed E-state index contributed by atoms with van der Waals surface area (Å²) in [6.45, 7) is 1.84. The molecule has 4 rings (SSSR count). The molecule has 0 bridgehead atoms. The number of rotatable bonds is 6. The second kappa shape index (κ2) is 9.51. The molecule has 3 N–H and O–H groups in total. The number of aromatic nitrogens is 1. The summed E-state index contributed by atoms with van der Waals surface area (Å²) >= 11 is 6.29. The zero-order valence-corrected chi connectivity index (χ0v) is 18.3. The van der Waals surface area contributed by atoms with Gasteiger partial charge in [0.15, 0.2) is 0 Å². The number of nitrogens with zero attached hydrogens (tertiary/aromatic N) is 2. The number of ether oxygens (including phenoxy) is 1. The highest BCUT2D eigenvalue weighted by Crippen LogP contribution is 2.31. The van der Waals surface area contributed by atoms with Crippen molar-refractivity contribution in [1.82, 2.24) is 9.88 Å². The van der Waals surface area contributed by atoms with E-state index < -0.39 is 35.3 Å². The molecule has 0 unspecified atom stereocenters. The number of carbonyl (C=O) groups excluding carboxylic acids is 1. The number of carboxylic acids is 1. The highest BCUT2D eigenvalue weighted by atomic mass is 35.5. The van der Waals surface area contributed by atoms with Crippen LogP contribution in [0, 0.1) is 0 Å². The number of nitrogens with one attached hydrogen (secondary N) is 1. The van der Waals surface area contributed by atoms with Gasteiger partial charge in [-0.1, -0.05) is 29.8 Å². The van der Waals surface area contributed by atoms with Crippen LogP contribution in [0.15, 0.2) is 47.3 Å². The maximum atomic E-state index is 13.3. The van der Waals surface area contributed by atoms with Gasteiger partial charge in [-0.3, -0.25) is 14.4 Å². The number of benzene rings is 2. The Kier molecular flexibility index (Phi) is 6.52. The highest BCUT2D eigenvalue weighted by molar-refractivity contribution is 6.31. The van der Waals surface area contributed by atoms with E-state index in [1.165, 1.54) is 4.57 Å². The average Bonchev–Trinajstić information content (AvgIpc) is 2.82. The molecule has 172 valence electrons. The van der Waals surface area contributed by atoms with Gasteiger partial charge in [-0.2, -0.15) is 0 Å². The molecule has 0 spiro atoms. The molecule has 9 nitrogen and oxygen atoms in total. The van der Waals surface area contributed by atoms with Crippen LogP contribution >= 0.6 is 11.6 Å². The molecular formula is C23H22ClN3O6. The van der Waals surface area contributed by atoms with Gasteiger partial charge in [-0.05, 0) is 29.8 Å². The zero-order chi connectivity index (χ0) is 23.5. The number of aromatic hydroxyl groups is 1. The lowest BCUT2D eigenvalue weighted by Gasteiger charge is -2.29.